The molecule has 1 atom stereocenters. The normalized spacial score (nSPS) is 11.5. The first-order valence-electron chi connectivity index (χ1n) is 11.0. The Morgan fingerprint density at radius 1 is 0.758 bits per heavy atom. The van der Waals surface area contributed by atoms with Crippen molar-refractivity contribution < 1.29 is 28.5 Å². The summed E-state index contributed by atoms with van der Waals surface area (Å²) in [4.78, 5) is 11.8. The molecule has 6 heteroatoms. The minimum Gasteiger partial charge on any atom is -0.493 e. The summed E-state index contributed by atoms with van der Waals surface area (Å²) in [6.45, 7) is 3.39. The third-order valence-corrected chi connectivity index (χ3v) is 4.81. The van der Waals surface area contributed by atoms with Gasteiger partial charge < -0.3 is 23.7 Å². The maximum atomic E-state index is 11.8. The number of rotatable bonds is 13. The zero-order chi connectivity index (χ0) is 23.3. The van der Waals surface area contributed by atoms with Crippen molar-refractivity contribution in [1.82, 2.24) is 0 Å². The lowest BCUT2D eigenvalue weighted by molar-refractivity contribution is -0.153. The van der Waals surface area contributed by atoms with Gasteiger partial charge in [-0.25, -0.2) is 4.79 Å². The van der Waals surface area contributed by atoms with E-state index < -0.39 is 6.10 Å². The van der Waals surface area contributed by atoms with E-state index in [0.717, 1.165) is 35.0 Å². The van der Waals surface area contributed by atoms with Crippen LogP contribution in [-0.2, 0) is 20.7 Å². The highest BCUT2D eigenvalue weighted by molar-refractivity contribution is 5.75. The maximum absolute atomic E-state index is 11.8. The molecule has 0 heterocycles. The molecule has 0 bridgehead atoms. The van der Waals surface area contributed by atoms with Crippen LogP contribution in [0.2, 0.25) is 0 Å². The molecule has 0 N–H and O–H groups in total. The molecule has 6 nitrogen and oxygen atoms in total. The SMILES string of the molecule is CCOC(Cc1ccc(OCCCOc2ccc(Oc3ccccc3)cc2)cc1)C(=O)OC. The molecule has 0 fully saturated rings. The Labute approximate surface area is 195 Å². The Bertz CT molecular complexity index is 954. The number of hydrogen-bond acceptors (Lipinski definition) is 6. The van der Waals surface area contributed by atoms with Crippen molar-refractivity contribution >= 4 is 5.97 Å². The molecular weight excluding hydrogens is 420 g/mol. The van der Waals surface area contributed by atoms with Crippen LogP contribution >= 0.6 is 0 Å². The average molecular weight is 451 g/mol. The van der Waals surface area contributed by atoms with Crippen LogP contribution in [0.3, 0.4) is 0 Å². The monoisotopic (exact) mass is 450 g/mol. The molecule has 0 aliphatic heterocycles. The summed E-state index contributed by atoms with van der Waals surface area (Å²) in [7, 11) is 1.37. The minimum absolute atomic E-state index is 0.365. The van der Waals surface area contributed by atoms with E-state index in [4.69, 9.17) is 23.7 Å². The lowest BCUT2D eigenvalue weighted by atomic mass is 10.1. The molecule has 3 aromatic rings. The molecule has 3 rings (SSSR count). The van der Waals surface area contributed by atoms with Crippen LogP contribution in [-0.4, -0.2) is 39.0 Å². The predicted molar refractivity (Wildman–Crippen MR) is 126 cm³/mol. The third-order valence-electron chi connectivity index (χ3n) is 4.81. The Hall–Kier alpha value is -3.51. The van der Waals surface area contributed by atoms with E-state index in [-0.39, 0.29) is 5.97 Å². The number of benzene rings is 3. The van der Waals surface area contributed by atoms with E-state index in [1.165, 1.54) is 7.11 Å². The summed E-state index contributed by atoms with van der Waals surface area (Å²) in [5.74, 6) is 2.75. The van der Waals surface area contributed by atoms with Gasteiger partial charge in [-0.2, -0.15) is 0 Å². The van der Waals surface area contributed by atoms with Gasteiger partial charge in [-0.1, -0.05) is 30.3 Å². The van der Waals surface area contributed by atoms with Gasteiger partial charge in [0.1, 0.15) is 23.0 Å². The van der Waals surface area contributed by atoms with E-state index in [2.05, 4.69) is 0 Å². The zero-order valence-corrected chi connectivity index (χ0v) is 19.1. The van der Waals surface area contributed by atoms with Crippen molar-refractivity contribution in [2.75, 3.05) is 26.9 Å². The van der Waals surface area contributed by atoms with Gasteiger partial charge in [0.05, 0.1) is 20.3 Å². The summed E-state index contributed by atoms with van der Waals surface area (Å²) in [6, 6.07) is 24.9. The predicted octanol–water partition coefficient (Wildman–Crippen LogP) is 5.45. The number of para-hydroxylation sites is 1. The average Bonchev–Trinajstić information content (AvgIpc) is 2.85. The van der Waals surface area contributed by atoms with Crippen LogP contribution in [0.1, 0.15) is 18.9 Å². The van der Waals surface area contributed by atoms with Gasteiger partial charge in [0, 0.05) is 19.4 Å². The van der Waals surface area contributed by atoms with Crippen molar-refractivity contribution in [2.45, 2.75) is 25.9 Å². The number of esters is 1. The summed E-state index contributed by atoms with van der Waals surface area (Å²) in [5.41, 5.74) is 0.981. The Kier molecular flexibility index (Phi) is 9.61. The lowest BCUT2D eigenvalue weighted by Gasteiger charge is -2.15. The first-order valence-corrected chi connectivity index (χ1v) is 11.0. The second-order valence-corrected chi connectivity index (χ2v) is 7.25. The van der Waals surface area contributed by atoms with E-state index in [9.17, 15) is 4.79 Å². The van der Waals surface area contributed by atoms with Crippen LogP contribution in [0, 0.1) is 0 Å². The fourth-order valence-electron chi connectivity index (χ4n) is 3.15. The van der Waals surface area contributed by atoms with Crippen LogP contribution < -0.4 is 14.2 Å². The zero-order valence-electron chi connectivity index (χ0n) is 19.1. The standard InChI is InChI=1S/C27H30O6/c1-3-30-26(27(28)29-2)20-21-10-12-22(13-11-21)31-18-7-19-32-23-14-16-25(17-15-23)33-24-8-5-4-6-9-24/h4-6,8-17,26H,3,7,18-20H2,1-2H3. The van der Waals surface area contributed by atoms with Crippen LogP contribution in [0.5, 0.6) is 23.0 Å². The molecule has 0 aliphatic carbocycles. The second-order valence-electron chi connectivity index (χ2n) is 7.25. The molecule has 0 aromatic heterocycles. The highest BCUT2D eigenvalue weighted by atomic mass is 16.6. The van der Waals surface area contributed by atoms with Gasteiger partial charge in [-0.15, -0.1) is 0 Å². The first-order chi connectivity index (χ1) is 16.2. The summed E-state index contributed by atoms with van der Waals surface area (Å²) in [5, 5.41) is 0. The van der Waals surface area contributed by atoms with Crippen molar-refractivity contribution in [3.8, 4) is 23.0 Å². The van der Waals surface area contributed by atoms with Gasteiger partial charge >= 0.3 is 5.97 Å². The molecular formula is C27H30O6. The summed E-state index contributed by atoms with van der Waals surface area (Å²) < 4.78 is 27.6. The number of ether oxygens (including phenoxy) is 5. The second kappa shape index (κ2) is 13.1. The molecule has 3 aromatic carbocycles. The Balaban J connectivity index is 1.35. The summed E-state index contributed by atoms with van der Waals surface area (Å²) in [6.07, 6.45) is 0.616. The Morgan fingerprint density at radius 2 is 1.30 bits per heavy atom. The van der Waals surface area contributed by atoms with Crippen molar-refractivity contribution in [1.29, 1.82) is 0 Å². The molecule has 0 saturated carbocycles. The lowest BCUT2D eigenvalue weighted by Crippen LogP contribution is -2.28. The van der Waals surface area contributed by atoms with Crippen molar-refractivity contribution in [3.63, 3.8) is 0 Å². The molecule has 0 amide bonds. The maximum Gasteiger partial charge on any atom is 0.335 e. The fraction of sp³-hybridized carbons (Fsp3) is 0.296. The van der Waals surface area contributed by atoms with E-state index >= 15 is 0 Å². The van der Waals surface area contributed by atoms with Gasteiger partial charge in [0.2, 0.25) is 0 Å². The van der Waals surface area contributed by atoms with Crippen molar-refractivity contribution in [2.24, 2.45) is 0 Å². The molecule has 0 aliphatic rings. The molecule has 174 valence electrons. The number of carbonyl (C=O) groups excluding carboxylic acids is 1. The van der Waals surface area contributed by atoms with Crippen LogP contribution in [0.4, 0.5) is 0 Å². The molecule has 0 saturated heterocycles. The highest BCUT2D eigenvalue weighted by Crippen LogP contribution is 2.23. The molecule has 0 radical (unpaired) electrons. The number of methoxy groups -OCH3 is 1. The number of hydrogen-bond donors (Lipinski definition) is 0. The molecule has 33 heavy (non-hydrogen) atoms. The smallest absolute Gasteiger partial charge is 0.335 e. The molecule has 0 spiro atoms. The van der Waals surface area contributed by atoms with E-state index in [0.29, 0.717) is 26.2 Å². The van der Waals surface area contributed by atoms with Gasteiger partial charge in [-0.05, 0) is 61.0 Å². The quantitative estimate of drug-likeness (QED) is 0.255. The highest BCUT2D eigenvalue weighted by Gasteiger charge is 2.19. The minimum atomic E-state index is -0.595. The van der Waals surface area contributed by atoms with Crippen molar-refractivity contribution in [3.05, 3.63) is 84.4 Å². The number of carbonyl (C=O) groups is 1. The summed E-state index contributed by atoms with van der Waals surface area (Å²) >= 11 is 0. The van der Waals surface area contributed by atoms with E-state index in [1.807, 2.05) is 85.8 Å². The van der Waals surface area contributed by atoms with Crippen LogP contribution in [0.25, 0.3) is 0 Å². The third kappa shape index (κ3) is 8.16. The van der Waals surface area contributed by atoms with Gasteiger partial charge in [0.25, 0.3) is 0 Å². The first kappa shape index (κ1) is 24.1. The fourth-order valence-corrected chi connectivity index (χ4v) is 3.15. The molecule has 1 unspecified atom stereocenters. The van der Waals surface area contributed by atoms with Gasteiger partial charge in [-0.3, -0.25) is 0 Å². The van der Waals surface area contributed by atoms with Gasteiger partial charge in [0.15, 0.2) is 6.10 Å². The van der Waals surface area contributed by atoms with E-state index in [1.54, 1.807) is 0 Å². The largest absolute Gasteiger partial charge is 0.493 e. The topological polar surface area (TPSA) is 63.2 Å². The van der Waals surface area contributed by atoms with Crippen LogP contribution in [0.15, 0.2) is 78.9 Å². The Morgan fingerprint density at radius 3 is 1.88 bits per heavy atom.